The van der Waals surface area contributed by atoms with E-state index in [-0.39, 0.29) is 5.71 Å². The molecule has 0 radical (unpaired) electrons. The standard InChI is InChI=1S/C11H9NO4/c1-16-11(15)8-10(14)9(13)6-4-2-3-5-7(6)12-8/h2-5,10,14H,1H3. The number of para-hydroxylation sites is 1. The highest BCUT2D eigenvalue weighted by Crippen LogP contribution is 2.25. The van der Waals surface area contributed by atoms with Crippen LogP contribution in [0.15, 0.2) is 29.3 Å². The summed E-state index contributed by atoms with van der Waals surface area (Å²) in [6.45, 7) is 0. The minimum Gasteiger partial charge on any atom is -0.464 e. The van der Waals surface area contributed by atoms with E-state index in [0.29, 0.717) is 11.3 Å². The second-order valence-electron chi connectivity index (χ2n) is 3.27. The predicted molar refractivity (Wildman–Crippen MR) is 55.9 cm³/mol. The third-order valence-electron chi connectivity index (χ3n) is 2.31. The first-order chi connectivity index (χ1) is 7.65. The maximum absolute atomic E-state index is 11.7. The summed E-state index contributed by atoms with van der Waals surface area (Å²) in [5, 5.41) is 9.60. The van der Waals surface area contributed by atoms with Crippen LogP contribution in [0.1, 0.15) is 10.4 Å². The summed E-state index contributed by atoms with van der Waals surface area (Å²) < 4.78 is 4.44. The average Bonchev–Trinajstić information content (AvgIpc) is 2.33. The Kier molecular flexibility index (Phi) is 2.54. The van der Waals surface area contributed by atoms with Crippen molar-refractivity contribution in [3.05, 3.63) is 29.8 Å². The van der Waals surface area contributed by atoms with Gasteiger partial charge in [0.1, 0.15) is 0 Å². The number of fused-ring (bicyclic) bond motifs is 1. The molecule has 2 rings (SSSR count). The van der Waals surface area contributed by atoms with E-state index in [1.54, 1.807) is 24.3 Å². The maximum Gasteiger partial charge on any atom is 0.355 e. The Labute approximate surface area is 91.4 Å². The fourth-order valence-electron chi connectivity index (χ4n) is 1.50. The first-order valence-electron chi connectivity index (χ1n) is 4.63. The number of ketones is 1. The van der Waals surface area contributed by atoms with E-state index in [1.807, 2.05) is 0 Å². The summed E-state index contributed by atoms with van der Waals surface area (Å²) in [7, 11) is 1.17. The number of aliphatic hydroxyl groups is 1. The van der Waals surface area contributed by atoms with Crippen molar-refractivity contribution < 1.29 is 19.4 Å². The van der Waals surface area contributed by atoms with E-state index in [1.165, 1.54) is 7.11 Å². The number of ether oxygens (including phenoxy) is 1. The van der Waals surface area contributed by atoms with Crippen molar-refractivity contribution in [1.29, 1.82) is 0 Å². The van der Waals surface area contributed by atoms with Gasteiger partial charge in [-0.05, 0) is 12.1 Å². The molecule has 0 aliphatic carbocycles. The number of esters is 1. The Bertz CT molecular complexity index is 493. The third-order valence-corrected chi connectivity index (χ3v) is 2.31. The first kappa shape index (κ1) is 10.5. The zero-order valence-corrected chi connectivity index (χ0v) is 8.51. The Balaban J connectivity index is 2.55. The van der Waals surface area contributed by atoms with Crippen LogP contribution in [0.3, 0.4) is 0 Å². The largest absolute Gasteiger partial charge is 0.464 e. The van der Waals surface area contributed by atoms with Gasteiger partial charge >= 0.3 is 5.97 Å². The molecule has 0 saturated carbocycles. The van der Waals surface area contributed by atoms with Crippen LogP contribution < -0.4 is 0 Å². The van der Waals surface area contributed by atoms with Crippen molar-refractivity contribution in [1.82, 2.24) is 0 Å². The molecule has 5 heteroatoms. The summed E-state index contributed by atoms with van der Waals surface area (Å²) in [5.74, 6) is -1.33. The molecule has 1 heterocycles. The van der Waals surface area contributed by atoms with E-state index in [2.05, 4.69) is 9.73 Å². The Morgan fingerprint density at radius 3 is 2.81 bits per heavy atom. The van der Waals surface area contributed by atoms with E-state index in [0.717, 1.165) is 0 Å². The van der Waals surface area contributed by atoms with Crippen molar-refractivity contribution in [2.75, 3.05) is 7.11 Å². The zero-order valence-electron chi connectivity index (χ0n) is 8.51. The Hall–Kier alpha value is -2.01. The number of hydrogen-bond donors (Lipinski definition) is 1. The summed E-state index contributed by atoms with van der Waals surface area (Å²) in [6.07, 6.45) is -1.54. The van der Waals surface area contributed by atoms with Gasteiger partial charge in [-0.15, -0.1) is 0 Å². The van der Waals surface area contributed by atoms with Crippen LogP contribution in [0.25, 0.3) is 0 Å². The summed E-state index contributed by atoms with van der Waals surface area (Å²) in [6, 6.07) is 6.52. The zero-order chi connectivity index (χ0) is 11.7. The summed E-state index contributed by atoms with van der Waals surface area (Å²) in [4.78, 5) is 26.9. The van der Waals surface area contributed by atoms with E-state index in [4.69, 9.17) is 0 Å². The monoisotopic (exact) mass is 219 g/mol. The van der Waals surface area contributed by atoms with Gasteiger partial charge in [0.2, 0.25) is 0 Å². The fourth-order valence-corrected chi connectivity index (χ4v) is 1.50. The maximum atomic E-state index is 11.7. The normalized spacial score (nSPS) is 18.8. The molecule has 0 saturated heterocycles. The molecule has 1 aliphatic heterocycles. The number of carbonyl (C=O) groups excluding carboxylic acids is 2. The van der Waals surface area contributed by atoms with Crippen molar-refractivity contribution >= 4 is 23.2 Å². The van der Waals surface area contributed by atoms with Crippen molar-refractivity contribution in [3.63, 3.8) is 0 Å². The highest BCUT2D eigenvalue weighted by Gasteiger charge is 2.33. The molecule has 5 nitrogen and oxygen atoms in total. The van der Waals surface area contributed by atoms with Gasteiger partial charge in [0.25, 0.3) is 0 Å². The SMILES string of the molecule is COC(=O)C1=Nc2ccccc2C(=O)C1O. The van der Waals surface area contributed by atoms with Crippen LogP contribution in [0, 0.1) is 0 Å². The molecule has 0 fully saturated rings. The molecule has 82 valence electrons. The topological polar surface area (TPSA) is 76.0 Å². The summed E-state index contributed by atoms with van der Waals surface area (Å²) in [5.41, 5.74) is 0.409. The lowest BCUT2D eigenvalue weighted by Crippen LogP contribution is -2.38. The van der Waals surface area contributed by atoms with Gasteiger partial charge in [-0.3, -0.25) is 4.79 Å². The number of methoxy groups -OCH3 is 1. The molecular formula is C11H9NO4. The minimum absolute atomic E-state index is 0.272. The molecule has 1 aromatic rings. The lowest BCUT2D eigenvalue weighted by atomic mass is 9.97. The number of carbonyl (C=O) groups is 2. The number of benzene rings is 1. The molecule has 0 aromatic heterocycles. The lowest BCUT2D eigenvalue weighted by Gasteiger charge is -2.17. The van der Waals surface area contributed by atoms with Crippen LogP contribution in [0.4, 0.5) is 5.69 Å². The molecule has 1 aliphatic rings. The number of Topliss-reactive ketones (excluding diaryl/α,β-unsaturated/α-hetero) is 1. The smallest absolute Gasteiger partial charge is 0.355 e. The van der Waals surface area contributed by atoms with E-state index >= 15 is 0 Å². The van der Waals surface area contributed by atoms with Gasteiger partial charge in [0.05, 0.1) is 12.8 Å². The lowest BCUT2D eigenvalue weighted by molar-refractivity contribution is -0.133. The van der Waals surface area contributed by atoms with E-state index in [9.17, 15) is 14.7 Å². The first-order valence-corrected chi connectivity index (χ1v) is 4.63. The van der Waals surface area contributed by atoms with Crippen LogP contribution in [0.5, 0.6) is 0 Å². The summed E-state index contributed by atoms with van der Waals surface area (Å²) >= 11 is 0. The molecule has 1 aromatic carbocycles. The third kappa shape index (κ3) is 1.51. The number of aliphatic hydroxyl groups excluding tert-OH is 1. The Morgan fingerprint density at radius 2 is 2.12 bits per heavy atom. The molecule has 0 amide bonds. The van der Waals surface area contributed by atoms with Gasteiger partial charge in [-0.2, -0.15) is 0 Å². The van der Waals surface area contributed by atoms with Gasteiger partial charge in [0, 0.05) is 5.56 Å². The van der Waals surface area contributed by atoms with Gasteiger partial charge in [-0.25, -0.2) is 9.79 Å². The van der Waals surface area contributed by atoms with Crippen LogP contribution in [-0.4, -0.2) is 35.8 Å². The van der Waals surface area contributed by atoms with Gasteiger partial charge in [-0.1, -0.05) is 12.1 Å². The highest BCUT2D eigenvalue weighted by atomic mass is 16.5. The minimum atomic E-state index is -1.54. The molecule has 1 N–H and O–H groups in total. The highest BCUT2D eigenvalue weighted by molar-refractivity contribution is 6.45. The van der Waals surface area contributed by atoms with Crippen LogP contribution in [0.2, 0.25) is 0 Å². The van der Waals surface area contributed by atoms with Gasteiger partial charge in [0.15, 0.2) is 17.6 Å². The predicted octanol–water partition coefficient (Wildman–Crippen LogP) is 0.489. The second kappa shape index (κ2) is 3.86. The van der Waals surface area contributed by atoms with Gasteiger partial charge < -0.3 is 9.84 Å². The Morgan fingerprint density at radius 1 is 1.44 bits per heavy atom. The average molecular weight is 219 g/mol. The quantitative estimate of drug-likeness (QED) is 0.697. The van der Waals surface area contributed by atoms with E-state index < -0.39 is 17.9 Å². The number of aliphatic imine (C=N–C) groups is 1. The van der Waals surface area contributed by atoms with Crippen molar-refractivity contribution in [3.8, 4) is 0 Å². The molecule has 16 heavy (non-hydrogen) atoms. The van der Waals surface area contributed by atoms with Crippen LogP contribution in [-0.2, 0) is 9.53 Å². The molecule has 1 atom stereocenters. The number of nitrogens with zero attached hydrogens (tertiary/aromatic N) is 1. The number of rotatable bonds is 1. The molecule has 0 spiro atoms. The molecule has 1 unspecified atom stereocenters. The molecular weight excluding hydrogens is 210 g/mol. The van der Waals surface area contributed by atoms with Crippen molar-refractivity contribution in [2.45, 2.75) is 6.10 Å². The molecule has 0 bridgehead atoms. The van der Waals surface area contributed by atoms with Crippen molar-refractivity contribution in [2.24, 2.45) is 4.99 Å². The van der Waals surface area contributed by atoms with Crippen LogP contribution >= 0.6 is 0 Å². The second-order valence-corrected chi connectivity index (χ2v) is 3.27. The number of hydrogen-bond acceptors (Lipinski definition) is 5. The fraction of sp³-hybridized carbons (Fsp3) is 0.182.